The fourth-order valence-electron chi connectivity index (χ4n) is 8.34. The fraction of sp³-hybridized carbons (Fsp3) is 0.562. The number of azide groups is 1. The van der Waals surface area contributed by atoms with Crippen LogP contribution in [0.25, 0.3) is 32.8 Å². The Hall–Kier alpha value is -5.19. The lowest BCUT2D eigenvalue weighted by molar-refractivity contribution is -0.646. The molecule has 4 unspecified atom stereocenters. The standard InChI is InChI=1S/C32H43N15O22P4/c1-44-11-47(26-18(44)27(52)42-31(34)41-26)28-19(49)12(5-39-43-35)13(65-28)7-63-71(55,56)68-73(59,60)69-72(57,58)64-8-15-23(22(61-2)30(67-15)46-10-38-17-24(33)36-9-37-25(17)46)70(54)62-6-14-20(50)21(51)29(66-14)45-4-3-16(48)40-32(45)53/h3-4,9-15,19-23,28-30,49-51,70H,5-8H2,1-2H3,(H8-,33,34,36,37,40,41,42,48,52,53,55,56,57,58,59,60)/p+1/t12-,13-,14-,15-,19-,20-,21-,22-,23-,28-,29-,30-/m1/s1. The number of phosphoric acid groups is 3. The van der Waals surface area contributed by atoms with Gasteiger partial charge in [-0.1, -0.05) is 5.11 Å². The Morgan fingerprint density at radius 3 is 2.19 bits per heavy atom. The third-order valence-corrected chi connectivity index (χ3v) is 17.5. The summed E-state index contributed by atoms with van der Waals surface area (Å²) in [4.78, 5) is 91.3. The van der Waals surface area contributed by atoms with Gasteiger partial charge in [0.1, 0.15) is 42.4 Å². The first-order valence-electron chi connectivity index (χ1n) is 20.8. The van der Waals surface area contributed by atoms with Crippen molar-refractivity contribution in [3.63, 3.8) is 0 Å². The SMILES string of the molecule is CO[C@@H]1[C@H]([PH](=O)OC[C@H]2O[C@@H](n3ccc(=O)[nH]c3=O)[C@H](O)[C@@H]2O)[C@@H](COP(=O)(O)OP(=O)(O)OP(=O)(O)OC[C@H]2O[C@@H](n3c[n+](C)c4c(=O)[nH]c(N)nc43)[C@H](O)[C@@H]2CN=[N+]=[N-])O[C@H]1n1cnc2c(N)ncnc21. The minimum absolute atomic E-state index is 0.00253. The number of nitrogens with zero attached hydrogens (tertiary/aromatic N) is 11. The maximum absolute atomic E-state index is 14.1. The lowest BCUT2D eigenvalue weighted by atomic mass is 9.98. The largest absolute Gasteiger partial charge is 0.490 e. The number of rotatable bonds is 20. The number of imidazole rings is 2. The van der Waals surface area contributed by atoms with Crippen LogP contribution in [0, 0.1) is 5.92 Å². The quantitative estimate of drug-likeness (QED) is 0.0122. The van der Waals surface area contributed by atoms with E-state index in [0.29, 0.717) is 0 Å². The predicted molar refractivity (Wildman–Crippen MR) is 237 cm³/mol. The molecule has 0 amide bonds. The van der Waals surface area contributed by atoms with Gasteiger partial charge in [-0.05, 0) is 5.53 Å². The summed E-state index contributed by atoms with van der Waals surface area (Å²) in [7, 11) is -18.9. The number of phosphoric ester groups is 2. The van der Waals surface area contributed by atoms with E-state index in [4.69, 9.17) is 49.5 Å². The van der Waals surface area contributed by atoms with Crippen LogP contribution in [0.1, 0.15) is 18.7 Å². The van der Waals surface area contributed by atoms with Crippen LogP contribution in [0.15, 0.2) is 50.7 Å². The Bertz CT molecular complexity index is 3290. The first-order valence-corrected chi connectivity index (χ1v) is 26.7. The van der Waals surface area contributed by atoms with Crippen LogP contribution >= 0.6 is 31.5 Å². The first-order chi connectivity index (χ1) is 34.4. The van der Waals surface area contributed by atoms with Gasteiger partial charge in [0, 0.05) is 36.7 Å². The monoisotopic (exact) mass is 1110 g/mol. The first kappa shape index (κ1) is 54.1. The number of methoxy groups -OCH3 is 1. The van der Waals surface area contributed by atoms with E-state index < -0.39 is 148 Å². The average Bonchev–Trinajstić information content (AvgIpc) is 4.11. The highest BCUT2D eigenvalue weighted by Gasteiger charge is 2.53. The molecule has 0 radical (unpaired) electrons. The van der Waals surface area contributed by atoms with Crippen molar-refractivity contribution in [2.24, 2.45) is 18.1 Å². The highest BCUT2D eigenvalue weighted by molar-refractivity contribution is 7.66. The van der Waals surface area contributed by atoms with E-state index in [1.165, 1.54) is 33.4 Å². The molecule has 5 aromatic rings. The number of nitrogens with one attached hydrogen (secondary N) is 2. The van der Waals surface area contributed by atoms with Gasteiger partial charge in [-0.3, -0.25) is 42.3 Å². The summed E-state index contributed by atoms with van der Waals surface area (Å²) in [5.41, 5.74) is 16.8. The topological polar surface area (TPSA) is 527 Å². The molecular formula is C32H44N15O22P4+. The van der Waals surface area contributed by atoms with Crippen LogP contribution in [0.4, 0.5) is 11.8 Å². The van der Waals surface area contributed by atoms with Crippen LogP contribution in [-0.4, -0.2) is 155 Å². The molecular weight excluding hydrogens is 1070 g/mol. The van der Waals surface area contributed by atoms with Gasteiger partial charge in [0.15, 0.2) is 31.9 Å². The van der Waals surface area contributed by atoms with Gasteiger partial charge in [-0.15, -0.1) is 0 Å². The maximum Gasteiger partial charge on any atom is 0.490 e. The zero-order valence-electron chi connectivity index (χ0n) is 37.3. The number of hydrogen-bond acceptors (Lipinski definition) is 26. The molecule has 16 atom stereocenters. The second kappa shape index (κ2) is 21.2. The zero-order valence-corrected chi connectivity index (χ0v) is 41.0. The molecule has 3 aliphatic heterocycles. The molecule has 37 nitrogen and oxygen atoms in total. The molecule has 12 N–H and O–H groups in total. The number of nitrogens with two attached hydrogens (primary N) is 2. The fourth-order valence-corrected chi connectivity index (χ4v) is 13.4. The Morgan fingerprint density at radius 2 is 1.52 bits per heavy atom. The predicted octanol–water partition coefficient (Wildman–Crippen LogP) is -2.95. The second-order valence-electron chi connectivity index (χ2n) is 16.1. The number of hydrogen-bond donors (Lipinski definition) is 10. The molecule has 5 aromatic heterocycles. The molecule has 0 spiro atoms. The summed E-state index contributed by atoms with van der Waals surface area (Å²) in [5.74, 6) is -1.56. The minimum atomic E-state index is -6.17. The van der Waals surface area contributed by atoms with Crippen molar-refractivity contribution in [3.05, 3.63) is 72.9 Å². The number of aromatic nitrogens is 10. The molecule has 8 heterocycles. The molecule has 0 bridgehead atoms. The molecule has 3 aliphatic rings. The second-order valence-corrected chi connectivity index (χ2v) is 22.3. The number of nitrogen functional groups attached to an aromatic ring is 2. The van der Waals surface area contributed by atoms with Crippen molar-refractivity contribution in [2.75, 3.05) is 44.9 Å². The number of H-pyrrole nitrogens is 2. The molecule has 41 heteroatoms. The van der Waals surface area contributed by atoms with Crippen LogP contribution in [0.2, 0.25) is 0 Å². The number of ether oxygens (including phenoxy) is 4. The van der Waals surface area contributed by atoms with E-state index in [-0.39, 0.29) is 34.1 Å². The van der Waals surface area contributed by atoms with Crippen LogP contribution in [0.3, 0.4) is 0 Å². The molecule has 0 aromatic carbocycles. The van der Waals surface area contributed by atoms with Crippen molar-refractivity contribution < 1.29 is 94.0 Å². The lowest BCUT2D eigenvalue weighted by Crippen LogP contribution is -2.37. The summed E-state index contributed by atoms with van der Waals surface area (Å²) in [6.07, 6.45) is -10.7. The van der Waals surface area contributed by atoms with Crippen molar-refractivity contribution in [3.8, 4) is 0 Å². The van der Waals surface area contributed by atoms with E-state index in [1.807, 2.05) is 4.98 Å². The van der Waals surface area contributed by atoms with E-state index in [1.54, 1.807) is 0 Å². The van der Waals surface area contributed by atoms with Crippen molar-refractivity contribution in [1.82, 2.24) is 43.6 Å². The molecule has 3 saturated heterocycles. The molecule has 8 rings (SSSR count). The van der Waals surface area contributed by atoms with Crippen molar-refractivity contribution >= 4 is 65.6 Å². The Balaban J connectivity index is 0.947. The summed E-state index contributed by atoms with van der Waals surface area (Å²) in [5, 5.41) is 36.1. The van der Waals surface area contributed by atoms with E-state index >= 15 is 0 Å². The summed E-state index contributed by atoms with van der Waals surface area (Å²) in [6.45, 7) is -3.42. The summed E-state index contributed by atoms with van der Waals surface area (Å²) < 4.78 is 105. The third-order valence-electron chi connectivity index (χ3n) is 11.6. The normalized spacial score (nSPS) is 30.2. The van der Waals surface area contributed by atoms with E-state index in [9.17, 15) is 62.6 Å². The number of aryl methyl sites for hydroxylation is 1. The molecule has 3 fully saturated rings. The third kappa shape index (κ3) is 11.3. The smallest absolute Gasteiger partial charge is 0.387 e. The van der Waals surface area contributed by atoms with E-state index in [0.717, 1.165) is 30.3 Å². The summed E-state index contributed by atoms with van der Waals surface area (Å²) >= 11 is 0. The van der Waals surface area contributed by atoms with Gasteiger partial charge in [0.2, 0.25) is 18.5 Å². The molecule has 0 aliphatic carbocycles. The lowest BCUT2D eigenvalue weighted by Gasteiger charge is -2.24. The number of aliphatic hydroxyl groups is 3. The Morgan fingerprint density at radius 1 is 0.863 bits per heavy atom. The van der Waals surface area contributed by atoms with Crippen LogP contribution in [-0.2, 0) is 66.4 Å². The van der Waals surface area contributed by atoms with Gasteiger partial charge in [0.25, 0.3) is 16.7 Å². The van der Waals surface area contributed by atoms with Gasteiger partial charge in [-0.25, -0.2) is 38.0 Å². The molecule has 0 saturated carbocycles. The van der Waals surface area contributed by atoms with Gasteiger partial charge >= 0.3 is 34.7 Å². The van der Waals surface area contributed by atoms with Crippen molar-refractivity contribution in [2.45, 2.75) is 67.1 Å². The number of fused-ring (bicyclic) bond motifs is 2. The highest BCUT2D eigenvalue weighted by Crippen LogP contribution is 2.68. The number of aromatic amines is 2. The van der Waals surface area contributed by atoms with Gasteiger partial charge < -0.3 is 64.9 Å². The molecule has 73 heavy (non-hydrogen) atoms. The maximum atomic E-state index is 14.1. The number of anilines is 2. The highest BCUT2D eigenvalue weighted by atomic mass is 31.3. The molecule has 398 valence electrons. The van der Waals surface area contributed by atoms with Gasteiger partial charge in [0.05, 0.1) is 51.1 Å². The zero-order chi connectivity index (χ0) is 52.9. The van der Waals surface area contributed by atoms with Gasteiger partial charge in [-0.2, -0.15) is 18.2 Å². The van der Waals surface area contributed by atoms with Crippen LogP contribution < -0.4 is 32.8 Å². The van der Waals surface area contributed by atoms with E-state index in [2.05, 4.69) is 43.6 Å². The minimum Gasteiger partial charge on any atom is -0.387 e. The Kier molecular flexibility index (Phi) is 15.7. The summed E-state index contributed by atoms with van der Waals surface area (Å²) in [6, 6.07) is 0.959. The van der Waals surface area contributed by atoms with Crippen LogP contribution in [0.5, 0.6) is 0 Å². The number of aliphatic hydroxyl groups excluding tert-OH is 3. The van der Waals surface area contributed by atoms with Crippen molar-refractivity contribution in [1.29, 1.82) is 0 Å². The average molecular weight is 1110 g/mol. The Labute approximate surface area is 405 Å².